The lowest BCUT2D eigenvalue weighted by Crippen LogP contribution is -2.22. The highest BCUT2D eigenvalue weighted by atomic mass is 31.1. The van der Waals surface area contributed by atoms with Crippen LogP contribution < -0.4 is 15.9 Å². The maximum Gasteiger partial charge on any atom is -0.00199 e. The fourth-order valence-corrected chi connectivity index (χ4v) is 9.60. The van der Waals surface area contributed by atoms with Crippen LogP contribution in [-0.2, 0) is 0 Å². The minimum absolute atomic E-state index is 0.820. The van der Waals surface area contributed by atoms with Gasteiger partial charge in [-0.25, -0.2) is 0 Å². The summed E-state index contributed by atoms with van der Waals surface area (Å²) in [5.74, 6) is 0. The molecule has 8 aromatic carbocycles. The first-order valence-corrected chi connectivity index (χ1v) is 15.5. The van der Waals surface area contributed by atoms with Crippen molar-refractivity contribution in [1.82, 2.24) is 0 Å². The second kappa shape index (κ2) is 8.87. The van der Waals surface area contributed by atoms with Gasteiger partial charge in [0, 0.05) is 0 Å². The van der Waals surface area contributed by atoms with Crippen LogP contribution in [0.2, 0.25) is 0 Å². The summed E-state index contributed by atoms with van der Waals surface area (Å²) in [6.45, 7) is 0. The Balaban J connectivity index is 1.36. The summed E-state index contributed by atoms with van der Waals surface area (Å²) in [7, 11) is -0.820. The van der Waals surface area contributed by atoms with Crippen LogP contribution in [0.3, 0.4) is 0 Å². The Morgan fingerprint density at radius 1 is 0.317 bits per heavy atom. The molecule has 0 radical (unpaired) electrons. The van der Waals surface area contributed by atoms with Gasteiger partial charge in [-0.1, -0.05) is 140 Å². The van der Waals surface area contributed by atoms with Gasteiger partial charge in [0.1, 0.15) is 0 Å². The van der Waals surface area contributed by atoms with Gasteiger partial charge < -0.3 is 0 Å². The number of fused-ring (bicyclic) bond motifs is 7. The molecule has 0 fully saturated rings. The average molecular weight is 537 g/mol. The molecule has 0 amide bonds. The van der Waals surface area contributed by atoms with Crippen LogP contribution in [0.4, 0.5) is 0 Å². The predicted octanol–water partition coefficient (Wildman–Crippen LogP) is 9.70. The van der Waals surface area contributed by atoms with Gasteiger partial charge in [0.15, 0.2) is 0 Å². The molecule has 0 heterocycles. The summed E-state index contributed by atoms with van der Waals surface area (Å²) in [6.07, 6.45) is 0. The fourth-order valence-electron chi connectivity index (χ4n) is 6.94. The van der Waals surface area contributed by atoms with E-state index in [2.05, 4.69) is 152 Å². The van der Waals surface area contributed by atoms with Crippen molar-refractivity contribution in [2.75, 3.05) is 0 Å². The van der Waals surface area contributed by atoms with Crippen molar-refractivity contribution in [3.05, 3.63) is 152 Å². The molecule has 0 saturated carbocycles. The van der Waals surface area contributed by atoms with Crippen LogP contribution in [0.15, 0.2) is 152 Å². The van der Waals surface area contributed by atoms with Crippen molar-refractivity contribution in [2.24, 2.45) is 0 Å². The van der Waals surface area contributed by atoms with Crippen LogP contribution in [0.5, 0.6) is 0 Å². The van der Waals surface area contributed by atoms with Crippen molar-refractivity contribution < 1.29 is 0 Å². The van der Waals surface area contributed by atoms with Gasteiger partial charge in [-0.2, -0.15) is 0 Å². The van der Waals surface area contributed by atoms with Gasteiger partial charge in [-0.3, -0.25) is 0 Å². The normalized spacial score (nSPS) is 12.1. The molecule has 0 N–H and O–H groups in total. The zero-order valence-electron chi connectivity index (χ0n) is 22.4. The van der Waals surface area contributed by atoms with E-state index < -0.39 is 7.92 Å². The first kappa shape index (κ1) is 23.0. The van der Waals surface area contributed by atoms with Crippen molar-refractivity contribution in [3.8, 4) is 22.3 Å². The number of hydrogen-bond donors (Lipinski definition) is 0. The van der Waals surface area contributed by atoms with Gasteiger partial charge >= 0.3 is 0 Å². The highest BCUT2D eigenvalue weighted by molar-refractivity contribution is 7.80. The molecule has 190 valence electrons. The van der Waals surface area contributed by atoms with Gasteiger partial charge in [-0.05, 0) is 101 Å². The van der Waals surface area contributed by atoms with Crippen molar-refractivity contribution in [3.63, 3.8) is 0 Å². The molecule has 0 nitrogen and oxygen atoms in total. The molecule has 0 saturated heterocycles. The maximum atomic E-state index is 2.50. The van der Waals surface area contributed by atoms with Gasteiger partial charge in [0.25, 0.3) is 0 Å². The predicted molar refractivity (Wildman–Crippen MR) is 180 cm³/mol. The molecule has 9 rings (SSSR count). The van der Waals surface area contributed by atoms with E-state index in [0.717, 1.165) is 0 Å². The first-order valence-electron chi connectivity index (χ1n) is 14.2. The van der Waals surface area contributed by atoms with E-state index >= 15 is 0 Å². The Labute approximate surface area is 240 Å². The molecule has 1 heteroatoms. The van der Waals surface area contributed by atoms with E-state index in [1.165, 1.54) is 81.3 Å². The van der Waals surface area contributed by atoms with E-state index in [-0.39, 0.29) is 0 Å². The molecule has 1 aliphatic carbocycles. The van der Waals surface area contributed by atoms with Gasteiger partial charge in [0.05, 0.1) is 0 Å². The summed E-state index contributed by atoms with van der Waals surface area (Å²) in [5, 5.41) is 14.8. The third-order valence-corrected chi connectivity index (χ3v) is 11.3. The lowest BCUT2D eigenvalue weighted by atomic mass is 9.96. The van der Waals surface area contributed by atoms with E-state index in [4.69, 9.17) is 0 Å². The Hall–Kier alpha value is -4.77. The molecule has 0 spiro atoms. The quantitative estimate of drug-likeness (QED) is 0.156. The van der Waals surface area contributed by atoms with Crippen LogP contribution in [0.25, 0.3) is 65.3 Å². The summed E-state index contributed by atoms with van der Waals surface area (Å²) in [4.78, 5) is 0. The van der Waals surface area contributed by atoms with Gasteiger partial charge in [-0.15, -0.1) is 0 Å². The third kappa shape index (κ3) is 3.38. The average Bonchev–Trinajstić information content (AvgIpc) is 3.36. The van der Waals surface area contributed by atoms with Crippen LogP contribution in [-0.4, -0.2) is 0 Å². The first-order chi connectivity index (χ1) is 20.3. The molecule has 0 bridgehead atoms. The maximum absolute atomic E-state index is 2.50. The molecule has 41 heavy (non-hydrogen) atoms. The topological polar surface area (TPSA) is 0 Å². The molecular formula is C40H25P. The van der Waals surface area contributed by atoms with E-state index in [0.29, 0.717) is 0 Å². The number of hydrogen-bond acceptors (Lipinski definition) is 0. The zero-order chi connectivity index (χ0) is 26.9. The highest BCUT2D eigenvalue weighted by Crippen LogP contribution is 2.49. The van der Waals surface area contributed by atoms with Crippen LogP contribution in [0, 0.1) is 0 Å². The second-order valence-electron chi connectivity index (χ2n) is 10.9. The smallest absolute Gasteiger partial charge is 0.00199 e. The van der Waals surface area contributed by atoms with Crippen molar-refractivity contribution >= 4 is 66.9 Å². The molecule has 8 aromatic rings. The Bertz CT molecular complexity index is 2240. The fraction of sp³-hybridized carbons (Fsp3) is 0. The van der Waals surface area contributed by atoms with E-state index in [1.807, 2.05) is 0 Å². The standard InChI is InChI=1S/C40H25P/c1-3-14-30-26(10-1)12-7-20-38(30)41(39-21-8-13-27-11-2-4-15-31(27)39)29-23-22-28-24-37-33-17-6-5-16-32(33)34-18-9-19-35(40(34)37)36(28)25-29/h1-25H. The third-order valence-electron chi connectivity index (χ3n) is 8.74. The Morgan fingerprint density at radius 3 is 1.56 bits per heavy atom. The molecule has 0 aliphatic heterocycles. The monoisotopic (exact) mass is 536 g/mol. The second-order valence-corrected chi connectivity index (χ2v) is 13.1. The number of benzene rings is 8. The van der Waals surface area contributed by atoms with E-state index in [9.17, 15) is 0 Å². The molecule has 0 unspecified atom stereocenters. The molecule has 0 aromatic heterocycles. The Kier molecular flexibility index (Phi) is 4.97. The van der Waals surface area contributed by atoms with Gasteiger partial charge in [0.2, 0.25) is 0 Å². The zero-order valence-corrected chi connectivity index (χ0v) is 23.3. The summed E-state index contributed by atoms with van der Waals surface area (Å²) in [5.41, 5.74) is 5.40. The largest absolute Gasteiger partial charge is 0.0616 e. The summed E-state index contributed by atoms with van der Waals surface area (Å²) in [6, 6.07) is 56.7. The molecule has 1 aliphatic rings. The number of rotatable bonds is 3. The lowest BCUT2D eigenvalue weighted by molar-refractivity contribution is 1.70. The molecule has 0 atom stereocenters. The minimum atomic E-state index is -0.820. The lowest BCUT2D eigenvalue weighted by Gasteiger charge is -2.23. The Morgan fingerprint density at radius 2 is 0.854 bits per heavy atom. The summed E-state index contributed by atoms with van der Waals surface area (Å²) < 4.78 is 0. The molecular weight excluding hydrogens is 511 g/mol. The van der Waals surface area contributed by atoms with E-state index in [1.54, 1.807) is 0 Å². The van der Waals surface area contributed by atoms with Crippen LogP contribution in [0.1, 0.15) is 0 Å². The SMILES string of the molecule is c1ccc2c(c1)-c1cccc3c1c-2cc1ccc(P(c2cccc4ccccc24)c2cccc4ccccc24)cc13. The minimum Gasteiger partial charge on any atom is -0.0616 e. The van der Waals surface area contributed by atoms with Crippen LogP contribution >= 0.6 is 7.92 Å². The van der Waals surface area contributed by atoms with Crippen molar-refractivity contribution in [2.45, 2.75) is 0 Å². The highest BCUT2D eigenvalue weighted by Gasteiger charge is 2.24. The van der Waals surface area contributed by atoms with Crippen molar-refractivity contribution in [1.29, 1.82) is 0 Å². The summed E-state index contributed by atoms with van der Waals surface area (Å²) >= 11 is 0.